The number of benzene rings is 2. The molecule has 29 heavy (non-hydrogen) atoms. The summed E-state index contributed by atoms with van der Waals surface area (Å²) in [6.45, 7) is 2.10. The van der Waals surface area contributed by atoms with Crippen LogP contribution in [0.5, 0.6) is 17.2 Å². The van der Waals surface area contributed by atoms with E-state index in [1.165, 1.54) is 5.56 Å². The van der Waals surface area contributed by atoms with Crippen LogP contribution < -0.4 is 19.5 Å². The summed E-state index contributed by atoms with van der Waals surface area (Å²) >= 11 is 0. The highest BCUT2D eigenvalue weighted by Crippen LogP contribution is 2.39. The topological polar surface area (TPSA) is 60.0 Å². The van der Waals surface area contributed by atoms with Crippen LogP contribution in [0.25, 0.3) is 0 Å². The van der Waals surface area contributed by atoms with Crippen LogP contribution in [0.1, 0.15) is 29.9 Å². The summed E-state index contributed by atoms with van der Waals surface area (Å²) in [5.41, 5.74) is 2.33. The van der Waals surface area contributed by atoms with Gasteiger partial charge in [0.15, 0.2) is 11.5 Å². The lowest BCUT2D eigenvalue weighted by atomic mass is 9.90. The molecule has 0 aliphatic carbocycles. The van der Waals surface area contributed by atoms with E-state index in [0.29, 0.717) is 36.1 Å². The van der Waals surface area contributed by atoms with E-state index in [9.17, 15) is 4.79 Å². The fourth-order valence-electron chi connectivity index (χ4n) is 3.92. The van der Waals surface area contributed by atoms with Crippen molar-refractivity contribution in [1.29, 1.82) is 0 Å². The normalized spacial score (nSPS) is 14.4. The first kappa shape index (κ1) is 20.8. The number of nitrogens with zero attached hydrogens (tertiary/aromatic N) is 1. The van der Waals surface area contributed by atoms with Gasteiger partial charge in [0.05, 0.1) is 21.3 Å². The monoisotopic (exact) mass is 398 g/mol. The number of likely N-dealkylation sites (tertiary alicyclic amines) is 1. The van der Waals surface area contributed by atoms with Crippen LogP contribution in [-0.2, 0) is 6.42 Å². The quantitative estimate of drug-likeness (QED) is 0.770. The number of carbonyl (C=O) groups is 1. The third kappa shape index (κ3) is 4.94. The van der Waals surface area contributed by atoms with E-state index in [-0.39, 0.29) is 6.03 Å². The minimum absolute atomic E-state index is 0.00375. The average molecular weight is 399 g/mol. The fourth-order valence-corrected chi connectivity index (χ4v) is 3.92. The molecule has 1 heterocycles. The zero-order chi connectivity index (χ0) is 20.6. The Labute approximate surface area is 172 Å². The number of rotatable bonds is 7. The molecular formula is C23H30N2O4. The third-order valence-corrected chi connectivity index (χ3v) is 5.51. The lowest BCUT2D eigenvalue weighted by Gasteiger charge is -2.32. The van der Waals surface area contributed by atoms with Crippen LogP contribution in [0.2, 0.25) is 0 Å². The molecule has 0 spiro atoms. The van der Waals surface area contributed by atoms with Gasteiger partial charge < -0.3 is 24.4 Å². The van der Waals surface area contributed by atoms with Crippen LogP contribution in [0.15, 0.2) is 42.5 Å². The van der Waals surface area contributed by atoms with Gasteiger partial charge in [-0.25, -0.2) is 4.79 Å². The Morgan fingerprint density at radius 3 is 2.28 bits per heavy atom. The Kier molecular flexibility index (Phi) is 7.22. The number of ether oxygens (including phenoxy) is 3. The van der Waals surface area contributed by atoms with Crippen molar-refractivity contribution < 1.29 is 19.0 Å². The zero-order valence-corrected chi connectivity index (χ0v) is 17.4. The predicted octanol–water partition coefficient (Wildman–Crippen LogP) is 3.84. The van der Waals surface area contributed by atoms with Gasteiger partial charge in [-0.05, 0) is 36.8 Å². The van der Waals surface area contributed by atoms with Crippen molar-refractivity contribution in [3.8, 4) is 17.2 Å². The number of hydrogen-bond donors (Lipinski definition) is 1. The summed E-state index contributed by atoms with van der Waals surface area (Å²) in [5.74, 6) is 2.38. The molecule has 6 heteroatoms. The predicted molar refractivity (Wildman–Crippen MR) is 113 cm³/mol. The van der Waals surface area contributed by atoms with Gasteiger partial charge in [0, 0.05) is 25.2 Å². The van der Waals surface area contributed by atoms with Crippen molar-refractivity contribution in [3.63, 3.8) is 0 Å². The molecule has 0 atom stereocenters. The van der Waals surface area contributed by atoms with Crippen molar-refractivity contribution in [2.45, 2.75) is 25.2 Å². The maximum absolute atomic E-state index is 12.5. The molecule has 0 saturated carbocycles. The first-order valence-corrected chi connectivity index (χ1v) is 10.0. The van der Waals surface area contributed by atoms with E-state index < -0.39 is 0 Å². The number of nitrogens with one attached hydrogen (secondary N) is 1. The summed E-state index contributed by atoms with van der Waals surface area (Å²) < 4.78 is 16.2. The minimum Gasteiger partial charge on any atom is -0.493 e. The zero-order valence-electron chi connectivity index (χ0n) is 17.4. The molecule has 1 N–H and O–H groups in total. The summed E-state index contributed by atoms with van der Waals surface area (Å²) in [6.07, 6.45) is 2.65. The fraction of sp³-hybridized carbons (Fsp3) is 0.435. The maximum atomic E-state index is 12.5. The van der Waals surface area contributed by atoms with Crippen molar-refractivity contribution in [2.24, 2.45) is 0 Å². The van der Waals surface area contributed by atoms with Gasteiger partial charge in [0.25, 0.3) is 0 Å². The Hall–Kier alpha value is -2.89. The average Bonchev–Trinajstić information content (AvgIpc) is 2.79. The minimum atomic E-state index is -0.00375. The van der Waals surface area contributed by atoms with E-state index in [1.807, 2.05) is 23.1 Å². The van der Waals surface area contributed by atoms with E-state index in [4.69, 9.17) is 14.2 Å². The molecule has 6 nitrogen and oxygen atoms in total. The summed E-state index contributed by atoms with van der Waals surface area (Å²) in [6, 6.07) is 14.3. The van der Waals surface area contributed by atoms with Crippen LogP contribution in [0.3, 0.4) is 0 Å². The molecular weight excluding hydrogens is 368 g/mol. The van der Waals surface area contributed by atoms with E-state index in [1.54, 1.807) is 21.3 Å². The summed E-state index contributed by atoms with van der Waals surface area (Å²) in [4.78, 5) is 14.5. The van der Waals surface area contributed by atoms with Crippen molar-refractivity contribution in [2.75, 3.05) is 41.0 Å². The number of piperidine rings is 1. The smallest absolute Gasteiger partial charge is 0.317 e. The Morgan fingerprint density at radius 1 is 0.966 bits per heavy atom. The van der Waals surface area contributed by atoms with Gasteiger partial charge in [-0.1, -0.05) is 36.4 Å². The van der Waals surface area contributed by atoms with Gasteiger partial charge in [0.1, 0.15) is 0 Å². The second-order valence-electron chi connectivity index (χ2n) is 7.15. The molecule has 0 unspecified atom stereocenters. The van der Waals surface area contributed by atoms with Gasteiger partial charge in [-0.3, -0.25) is 0 Å². The molecule has 2 amide bonds. The first-order chi connectivity index (χ1) is 14.2. The Bertz CT molecular complexity index is 802. The van der Waals surface area contributed by atoms with Crippen molar-refractivity contribution in [3.05, 3.63) is 53.6 Å². The Balaban J connectivity index is 1.51. The van der Waals surface area contributed by atoms with E-state index in [2.05, 4.69) is 29.6 Å². The van der Waals surface area contributed by atoms with Crippen LogP contribution >= 0.6 is 0 Å². The van der Waals surface area contributed by atoms with Crippen LogP contribution in [0.4, 0.5) is 4.79 Å². The van der Waals surface area contributed by atoms with E-state index in [0.717, 1.165) is 31.5 Å². The maximum Gasteiger partial charge on any atom is 0.317 e. The molecule has 3 rings (SSSR count). The number of hydrogen-bond acceptors (Lipinski definition) is 4. The largest absolute Gasteiger partial charge is 0.493 e. The van der Waals surface area contributed by atoms with Crippen LogP contribution in [-0.4, -0.2) is 51.9 Å². The molecule has 1 aliphatic rings. The number of methoxy groups -OCH3 is 3. The molecule has 2 aromatic carbocycles. The third-order valence-electron chi connectivity index (χ3n) is 5.51. The molecule has 1 fully saturated rings. The van der Waals surface area contributed by atoms with Crippen molar-refractivity contribution in [1.82, 2.24) is 10.2 Å². The number of urea groups is 1. The number of amides is 2. The van der Waals surface area contributed by atoms with Gasteiger partial charge in [-0.2, -0.15) is 0 Å². The second-order valence-corrected chi connectivity index (χ2v) is 7.15. The summed E-state index contributed by atoms with van der Waals surface area (Å²) in [5, 5.41) is 3.03. The highest BCUT2D eigenvalue weighted by Gasteiger charge is 2.23. The van der Waals surface area contributed by atoms with Crippen molar-refractivity contribution >= 4 is 6.03 Å². The molecule has 0 radical (unpaired) electrons. The standard InChI is InChI=1S/C23H30N2O4/c1-27-20-10-9-19(21(28-2)22(20)29-3)11-14-24-23(26)25-15-12-18(13-16-25)17-7-5-4-6-8-17/h4-10,18H,11-16H2,1-3H3,(H,24,26). The van der Waals surface area contributed by atoms with E-state index >= 15 is 0 Å². The van der Waals surface area contributed by atoms with Gasteiger partial charge in [-0.15, -0.1) is 0 Å². The highest BCUT2D eigenvalue weighted by atomic mass is 16.5. The Morgan fingerprint density at radius 2 is 1.66 bits per heavy atom. The highest BCUT2D eigenvalue weighted by molar-refractivity contribution is 5.74. The summed E-state index contributed by atoms with van der Waals surface area (Å²) in [7, 11) is 4.79. The molecule has 2 aromatic rings. The molecule has 0 bridgehead atoms. The van der Waals surface area contributed by atoms with Crippen LogP contribution in [0, 0.1) is 0 Å². The molecule has 156 valence electrons. The molecule has 1 aliphatic heterocycles. The lowest BCUT2D eigenvalue weighted by molar-refractivity contribution is 0.181. The lowest BCUT2D eigenvalue weighted by Crippen LogP contribution is -2.44. The molecule has 0 aromatic heterocycles. The second kappa shape index (κ2) is 10.0. The molecule has 1 saturated heterocycles. The van der Waals surface area contributed by atoms with Gasteiger partial charge in [0.2, 0.25) is 5.75 Å². The number of carbonyl (C=O) groups excluding carboxylic acids is 1. The van der Waals surface area contributed by atoms with Gasteiger partial charge >= 0.3 is 6.03 Å². The SMILES string of the molecule is COc1ccc(CCNC(=O)N2CCC(c3ccccc3)CC2)c(OC)c1OC. The first-order valence-electron chi connectivity index (χ1n) is 10.0.